The summed E-state index contributed by atoms with van der Waals surface area (Å²) in [5, 5.41) is 3.02. The molecule has 2 N–H and O–H groups in total. The first-order valence-corrected chi connectivity index (χ1v) is 8.69. The molecule has 0 bridgehead atoms. The Hall–Kier alpha value is -1.60. The molecule has 112 valence electrons. The molecule has 0 saturated heterocycles. The number of halogens is 1. The Labute approximate surface area is 133 Å². The van der Waals surface area contributed by atoms with Crippen molar-refractivity contribution in [3.63, 3.8) is 0 Å². The molecule has 0 radical (unpaired) electrons. The number of hydrogen-bond donors (Lipinski definition) is 2. The van der Waals surface area contributed by atoms with Crippen molar-refractivity contribution < 1.29 is 8.42 Å². The van der Waals surface area contributed by atoms with Crippen LogP contribution in [0.3, 0.4) is 0 Å². The number of aromatic nitrogens is 1. The van der Waals surface area contributed by atoms with Crippen LogP contribution in [0.1, 0.15) is 12.5 Å². The van der Waals surface area contributed by atoms with Crippen molar-refractivity contribution in [2.75, 3.05) is 16.6 Å². The van der Waals surface area contributed by atoms with Gasteiger partial charge in [-0.2, -0.15) is 0 Å². The maximum Gasteiger partial charge on any atom is 0.263 e. The van der Waals surface area contributed by atoms with Crippen molar-refractivity contribution in [2.24, 2.45) is 0 Å². The lowest BCUT2D eigenvalue weighted by atomic mass is 10.2. The maximum atomic E-state index is 12.3. The third kappa shape index (κ3) is 3.95. The van der Waals surface area contributed by atoms with Gasteiger partial charge in [-0.25, -0.2) is 13.4 Å². The third-order valence-corrected chi connectivity index (χ3v) is 4.69. The summed E-state index contributed by atoms with van der Waals surface area (Å²) in [4.78, 5) is 4.21. The highest BCUT2D eigenvalue weighted by atomic mass is 79.9. The molecular weight excluding hydrogens is 354 g/mol. The Morgan fingerprint density at radius 2 is 2.00 bits per heavy atom. The van der Waals surface area contributed by atoms with Crippen molar-refractivity contribution >= 4 is 37.5 Å². The van der Waals surface area contributed by atoms with Gasteiger partial charge in [0.25, 0.3) is 10.0 Å². The zero-order valence-corrected chi connectivity index (χ0v) is 14.1. The molecule has 5 nitrogen and oxygen atoms in total. The molecule has 0 atom stereocenters. The average Bonchev–Trinajstić information content (AvgIpc) is 2.44. The molecule has 7 heteroatoms. The van der Waals surface area contributed by atoms with E-state index in [1.807, 2.05) is 26.0 Å². The monoisotopic (exact) mass is 369 g/mol. The van der Waals surface area contributed by atoms with E-state index in [1.165, 1.54) is 12.3 Å². The van der Waals surface area contributed by atoms with Crippen molar-refractivity contribution in [1.82, 2.24) is 4.98 Å². The quantitative estimate of drug-likeness (QED) is 0.847. The van der Waals surface area contributed by atoms with Gasteiger partial charge < -0.3 is 5.32 Å². The SMILES string of the molecule is CCNc1ccc(S(=O)(=O)Nc2cc(Br)ccc2C)cn1. The van der Waals surface area contributed by atoms with Gasteiger partial charge in [-0.15, -0.1) is 0 Å². The van der Waals surface area contributed by atoms with Crippen LogP contribution in [-0.4, -0.2) is 19.9 Å². The number of aryl methyl sites for hydroxylation is 1. The predicted octanol–water partition coefficient (Wildman–Crippen LogP) is 3.39. The maximum absolute atomic E-state index is 12.3. The fourth-order valence-corrected chi connectivity index (χ4v) is 3.16. The molecule has 1 aromatic carbocycles. The standard InChI is InChI=1S/C14H16BrN3O2S/c1-3-16-14-7-6-12(9-17-14)21(19,20)18-13-8-11(15)5-4-10(13)2/h4-9,18H,3H2,1-2H3,(H,16,17). The Morgan fingerprint density at radius 3 is 2.62 bits per heavy atom. The van der Waals surface area contributed by atoms with E-state index in [-0.39, 0.29) is 4.90 Å². The van der Waals surface area contributed by atoms with Gasteiger partial charge >= 0.3 is 0 Å². The van der Waals surface area contributed by atoms with Crippen LogP contribution in [0.25, 0.3) is 0 Å². The molecule has 1 aromatic heterocycles. The minimum absolute atomic E-state index is 0.128. The fraction of sp³-hybridized carbons (Fsp3) is 0.214. The first kappa shape index (κ1) is 15.8. The van der Waals surface area contributed by atoms with Crippen molar-refractivity contribution in [3.8, 4) is 0 Å². The van der Waals surface area contributed by atoms with E-state index in [9.17, 15) is 8.42 Å². The Balaban J connectivity index is 2.27. The number of anilines is 2. The summed E-state index contributed by atoms with van der Waals surface area (Å²) in [6, 6.07) is 8.61. The smallest absolute Gasteiger partial charge is 0.263 e. The van der Waals surface area contributed by atoms with Gasteiger partial charge in [0.15, 0.2) is 0 Å². The molecule has 0 aliphatic carbocycles. The zero-order chi connectivity index (χ0) is 15.5. The second-order valence-corrected chi connectivity index (χ2v) is 7.07. The molecule has 1 heterocycles. The number of benzene rings is 1. The lowest BCUT2D eigenvalue weighted by Gasteiger charge is -2.11. The molecule has 0 aliphatic rings. The van der Waals surface area contributed by atoms with E-state index in [0.29, 0.717) is 11.5 Å². The number of nitrogens with zero attached hydrogens (tertiary/aromatic N) is 1. The predicted molar refractivity (Wildman–Crippen MR) is 88.1 cm³/mol. The van der Waals surface area contributed by atoms with E-state index in [1.54, 1.807) is 12.1 Å². The van der Waals surface area contributed by atoms with Gasteiger partial charge in [0, 0.05) is 17.2 Å². The van der Waals surface area contributed by atoms with E-state index >= 15 is 0 Å². The second-order valence-electron chi connectivity index (χ2n) is 4.47. The van der Waals surface area contributed by atoms with Gasteiger partial charge in [-0.05, 0) is 43.7 Å². The molecular formula is C14H16BrN3O2S. The number of sulfonamides is 1. The molecule has 0 amide bonds. The summed E-state index contributed by atoms with van der Waals surface area (Å²) in [7, 11) is -3.65. The summed E-state index contributed by atoms with van der Waals surface area (Å²) in [6.07, 6.45) is 1.34. The third-order valence-electron chi connectivity index (χ3n) is 2.85. The molecule has 2 aromatic rings. The highest BCUT2D eigenvalue weighted by Gasteiger charge is 2.16. The lowest BCUT2D eigenvalue weighted by Crippen LogP contribution is -2.14. The van der Waals surface area contributed by atoms with Gasteiger partial charge in [0.1, 0.15) is 10.7 Å². The van der Waals surface area contributed by atoms with Gasteiger partial charge in [-0.3, -0.25) is 4.72 Å². The Kier molecular flexibility index (Phi) is 4.84. The van der Waals surface area contributed by atoms with E-state index in [2.05, 4.69) is 31.0 Å². The van der Waals surface area contributed by atoms with Crippen LogP contribution in [0.5, 0.6) is 0 Å². The largest absolute Gasteiger partial charge is 0.370 e. The molecule has 0 aliphatic heterocycles. The van der Waals surface area contributed by atoms with E-state index in [0.717, 1.165) is 16.6 Å². The summed E-state index contributed by atoms with van der Waals surface area (Å²) in [5.41, 5.74) is 1.39. The Morgan fingerprint density at radius 1 is 1.24 bits per heavy atom. The van der Waals surface area contributed by atoms with Gasteiger partial charge in [0.2, 0.25) is 0 Å². The van der Waals surface area contributed by atoms with Crippen LogP contribution in [0.4, 0.5) is 11.5 Å². The number of pyridine rings is 1. The van der Waals surface area contributed by atoms with Crippen molar-refractivity contribution in [1.29, 1.82) is 0 Å². The number of hydrogen-bond acceptors (Lipinski definition) is 4. The molecule has 0 saturated carbocycles. The van der Waals surface area contributed by atoms with Gasteiger partial charge in [0.05, 0.1) is 5.69 Å². The first-order chi connectivity index (χ1) is 9.92. The second kappa shape index (κ2) is 6.44. The van der Waals surface area contributed by atoms with E-state index < -0.39 is 10.0 Å². The lowest BCUT2D eigenvalue weighted by molar-refractivity contribution is 0.601. The van der Waals surface area contributed by atoms with Crippen LogP contribution in [0.2, 0.25) is 0 Å². The molecule has 0 unspecified atom stereocenters. The summed E-state index contributed by atoms with van der Waals surface area (Å²) in [6.45, 7) is 4.52. The molecule has 0 spiro atoms. The Bertz CT molecular complexity index is 730. The molecule has 2 rings (SSSR count). The van der Waals surface area contributed by atoms with Crippen LogP contribution in [0.15, 0.2) is 45.9 Å². The summed E-state index contributed by atoms with van der Waals surface area (Å²) in [5.74, 6) is 0.648. The average molecular weight is 370 g/mol. The van der Waals surface area contributed by atoms with Crippen molar-refractivity contribution in [2.45, 2.75) is 18.7 Å². The van der Waals surface area contributed by atoms with Gasteiger partial charge in [-0.1, -0.05) is 22.0 Å². The normalized spacial score (nSPS) is 11.2. The number of nitrogens with one attached hydrogen (secondary N) is 2. The molecule has 0 fully saturated rings. The van der Waals surface area contributed by atoms with E-state index in [4.69, 9.17) is 0 Å². The summed E-state index contributed by atoms with van der Waals surface area (Å²) < 4.78 is 28.1. The first-order valence-electron chi connectivity index (χ1n) is 6.41. The van der Waals surface area contributed by atoms with Crippen molar-refractivity contribution in [3.05, 3.63) is 46.6 Å². The minimum atomic E-state index is -3.65. The number of rotatable bonds is 5. The zero-order valence-electron chi connectivity index (χ0n) is 11.7. The topological polar surface area (TPSA) is 71.1 Å². The highest BCUT2D eigenvalue weighted by Crippen LogP contribution is 2.23. The fourth-order valence-electron chi connectivity index (χ4n) is 1.73. The highest BCUT2D eigenvalue weighted by molar-refractivity contribution is 9.10. The van der Waals surface area contributed by atoms with Crippen LogP contribution < -0.4 is 10.0 Å². The summed E-state index contributed by atoms with van der Waals surface area (Å²) >= 11 is 3.33. The minimum Gasteiger partial charge on any atom is -0.370 e. The van der Waals surface area contributed by atoms with Crippen LogP contribution >= 0.6 is 15.9 Å². The molecule has 21 heavy (non-hydrogen) atoms. The van der Waals surface area contributed by atoms with Crippen LogP contribution in [0, 0.1) is 6.92 Å². The van der Waals surface area contributed by atoms with Crippen LogP contribution in [-0.2, 0) is 10.0 Å².